The summed E-state index contributed by atoms with van der Waals surface area (Å²) >= 11 is 3.91. The number of aryl methyl sites for hydroxylation is 3. The van der Waals surface area contributed by atoms with Gasteiger partial charge in [-0.05, 0) is 101 Å². The van der Waals surface area contributed by atoms with Crippen molar-refractivity contribution in [2.45, 2.75) is 37.1 Å². The summed E-state index contributed by atoms with van der Waals surface area (Å²) in [6.45, 7) is 8.49. The molecule has 0 amide bonds. The summed E-state index contributed by atoms with van der Waals surface area (Å²) in [5, 5.41) is 0. The van der Waals surface area contributed by atoms with E-state index >= 15 is 0 Å². The van der Waals surface area contributed by atoms with E-state index in [9.17, 15) is 0 Å². The lowest BCUT2D eigenvalue weighted by atomic mass is 9.88. The zero-order valence-electron chi connectivity index (χ0n) is 15.7. The summed E-state index contributed by atoms with van der Waals surface area (Å²) in [4.78, 5) is 2.58. The van der Waals surface area contributed by atoms with E-state index < -0.39 is 4.51 Å². The average Bonchev–Trinajstić information content (AvgIpc) is 2.68. The molecule has 0 radical (unpaired) electrons. The van der Waals surface area contributed by atoms with Gasteiger partial charge in [-0.15, -0.1) is 0 Å². The van der Waals surface area contributed by atoms with Crippen LogP contribution in [-0.2, 0) is 17.4 Å². The standard InChI is InChI=1S/C24H24BrNO/c1-3-20-16(2)8-9-22-21(20)10-11-24(25,27-22)19-14-17-6-4-12-26-13-5-7-18(15-19)23(17)26/h3,8-11,14-15H,1,4-7,12-13H2,2H3/t24-/m0/s1. The third-order valence-corrected chi connectivity index (χ3v) is 7.00. The average molecular weight is 422 g/mol. The van der Waals surface area contributed by atoms with Gasteiger partial charge in [0.05, 0.1) is 0 Å². The highest BCUT2D eigenvalue weighted by molar-refractivity contribution is 9.09. The van der Waals surface area contributed by atoms with E-state index in [1.54, 1.807) is 0 Å². The van der Waals surface area contributed by atoms with Gasteiger partial charge in [-0.1, -0.05) is 18.7 Å². The summed E-state index contributed by atoms with van der Waals surface area (Å²) < 4.78 is 5.89. The Morgan fingerprint density at radius 1 is 1.15 bits per heavy atom. The third-order valence-electron chi connectivity index (χ3n) is 6.12. The van der Waals surface area contributed by atoms with Gasteiger partial charge in [0.2, 0.25) is 4.51 Å². The Labute approximate surface area is 169 Å². The van der Waals surface area contributed by atoms with Gasteiger partial charge in [-0.3, -0.25) is 0 Å². The Morgan fingerprint density at radius 2 is 1.85 bits per heavy atom. The van der Waals surface area contributed by atoms with E-state index in [2.05, 4.69) is 70.8 Å². The number of alkyl halides is 1. The number of halogens is 1. The van der Waals surface area contributed by atoms with E-state index in [4.69, 9.17) is 4.74 Å². The van der Waals surface area contributed by atoms with Crippen molar-refractivity contribution < 1.29 is 4.74 Å². The van der Waals surface area contributed by atoms with Crippen molar-refractivity contribution in [1.29, 1.82) is 0 Å². The van der Waals surface area contributed by atoms with Crippen LogP contribution >= 0.6 is 15.9 Å². The molecule has 3 heteroatoms. The molecule has 138 valence electrons. The zero-order chi connectivity index (χ0) is 18.6. The van der Waals surface area contributed by atoms with Gasteiger partial charge in [0, 0.05) is 29.9 Å². The molecule has 3 aliphatic rings. The fraction of sp³-hybridized carbons (Fsp3) is 0.333. The van der Waals surface area contributed by atoms with Crippen LogP contribution in [0, 0.1) is 6.92 Å². The fourth-order valence-electron chi connectivity index (χ4n) is 4.80. The van der Waals surface area contributed by atoms with Crippen LogP contribution in [0.5, 0.6) is 5.75 Å². The Kier molecular flexibility index (Phi) is 3.98. The van der Waals surface area contributed by atoms with Gasteiger partial charge in [0.25, 0.3) is 0 Å². The number of anilines is 1. The molecule has 0 fully saturated rings. The van der Waals surface area contributed by atoms with Gasteiger partial charge in [0.1, 0.15) is 5.75 Å². The fourth-order valence-corrected chi connectivity index (χ4v) is 5.33. The number of hydrogen-bond donors (Lipinski definition) is 0. The lowest BCUT2D eigenvalue weighted by Gasteiger charge is -2.39. The molecule has 2 nitrogen and oxygen atoms in total. The highest BCUT2D eigenvalue weighted by Gasteiger charge is 2.35. The monoisotopic (exact) mass is 421 g/mol. The molecule has 0 saturated carbocycles. The molecule has 2 aromatic rings. The van der Waals surface area contributed by atoms with Crippen molar-refractivity contribution in [2.24, 2.45) is 0 Å². The van der Waals surface area contributed by atoms with Crippen LogP contribution in [-0.4, -0.2) is 13.1 Å². The van der Waals surface area contributed by atoms with Gasteiger partial charge in [0.15, 0.2) is 0 Å². The maximum Gasteiger partial charge on any atom is 0.207 e. The molecule has 0 saturated heterocycles. The number of benzene rings is 2. The van der Waals surface area contributed by atoms with Crippen molar-refractivity contribution in [3.63, 3.8) is 0 Å². The van der Waals surface area contributed by atoms with E-state index in [0.29, 0.717) is 0 Å². The molecule has 0 aromatic heterocycles. The van der Waals surface area contributed by atoms with Crippen LogP contribution in [0.25, 0.3) is 12.2 Å². The molecule has 2 aromatic carbocycles. The molecular weight excluding hydrogens is 398 g/mol. The molecule has 0 bridgehead atoms. The zero-order valence-corrected chi connectivity index (χ0v) is 17.3. The Bertz CT molecular complexity index is 946. The van der Waals surface area contributed by atoms with Crippen molar-refractivity contribution in [3.05, 3.63) is 70.3 Å². The minimum absolute atomic E-state index is 0.612. The minimum Gasteiger partial charge on any atom is -0.467 e. The molecule has 0 aliphatic carbocycles. The Hall–Kier alpha value is -2.00. The van der Waals surface area contributed by atoms with Crippen molar-refractivity contribution in [2.75, 3.05) is 18.0 Å². The Balaban J connectivity index is 1.60. The quantitative estimate of drug-likeness (QED) is 0.552. The van der Waals surface area contributed by atoms with Crippen molar-refractivity contribution in [1.82, 2.24) is 0 Å². The first-order chi connectivity index (χ1) is 13.1. The van der Waals surface area contributed by atoms with Crippen LogP contribution in [0.15, 0.2) is 36.9 Å². The van der Waals surface area contributed by atoms with Crippen molar-refractivity contribution in [3.8, 4) is 5.75 Å². The van der Waals surface area contributed by atoms with Crippen LogP contribution in [0.3, 0.4) is 0 Å². The molecule has 0 spiro atoms. The van der Waals surface area contributed by atoms with Crippen LogP contribution in [0.1, 0.15) is 46.2 Å². The van der Waals surface area contributed by atoms with E-state index in [1.165, 1.54) is 53.9 Å². The van der Waals surface area contributed by atoms with Crippen molar-refractivity contribution >= 4 is 33.8 Å². The normalized spacial score (nSPS) is 22.7. The summed E-state index contributed by atoms with van der Waals surface area (Å²) in [7, 11) is 0. The first-order valence-electron chi connectivity index (χ1n) is 9.83. The molecule has 3 aliphatic heterocycles. The lowest BCUT2D eigenvalue weighted by molar-refractivity contribution is 0.222. The maximum atomic E-state index is 6.51. The molecular formula is C24H24BrNO. The Morgan fingerprint density at radius 3 is 2.52 bits per heavy atom. The second-order valence-electron chi connectivity index (χ2n) is 7.83. The van der Waals surface area contributed by atoms with Crippen LogP contribution < -0.4 is 9.64 Å². The molecule has 0 N–H and O–H groups in total. The highest BCUT2D eigenvalue weighted by Crippen LogP contribution is 2.46. The van der Waals surface area contributed by atoms with E-state index in [-0.39, 0.29) is 0 Å². The second-order valence-corrected chi connectivity index (χ2v) is 9.01. The van der Waals surface area contributed by atoms with E-state index in [1.807, 2.05) is 6.08 Å². The van der Waals surface area contributed by atoms with Gasteiger partial charge >= 0.3 is 0 Å². The number of nitrogens with zero attached hydrogens (tertiary/aromatic N) is 1. The highest BCUT2D eigenvalue weighted by atomic mass is 79.9. The summed E-state index contributed by atoms with van der Waals surface area (Å²) in [6.07, 6.45) is 11.0. The molecule has 3 heterocycles. The molecule has 0 unspecified atom stereocenters. The maximum absolute atomic E-state index is 6.51. The SMILES string of the molecule is C=Cc1c(C)ccc2c1C=C[C@@](Br)(c1cc3c4c(c1)CCCN4CCC3)O2. The minimum atomic E-state index is -0.612. The van der Waals surface area contributed by atoms with E-state index in [0.717, 1.165) is 29.7 Å². The first-order valence-corrected chi connectivity index (χ1v) is 10.6. The van der Waals surface area contributed by atoms with Gasteiger partial charge < -0.3 is 9.64 Å². The van der Waals surface area contributed by atoms with Gasteiger partial charge in [-0.2, -0.15) is 0 Å². The number of fused-ring (bicyclic) bond motifs is 1. The summed E-state index contributed by atoms with van der Waals surface area (Å²) in [5.41, 5.74) is 9.13. The summed E-state index contributed by atoms with van der Waals surface area (Å²) in [6, 6.07) is 8.88. The largest absolute Gasteiger partial charge is 0.467 e. The topological polar surface area (TPSA) is 12.5 Å². The molecule has 1 atom stereocenters. The van der Waals surface area contributed by atoms with Crippen LogP contribution in [0.4, 0.5) is 5.69 Å². The number of ether oxygens (including phenoxy) is 1. The third kappa shape index (κ3) is 2.67. The molecule has 27 heavy (non-hydrogen) atoms. The smallest absolute Gasteiger partial charge is 0.207 e. The van der Waals surface area contributed by atoms with Gasteiger partial charge in [-0.25, -0.2) is 0 Å². The molecule has 5 rings (SSSR count). The summed E-state index contributed by atoms with van der Waals surface area (Å²) in [5.74, 6) is 0.905. The lowest BCUT2D eigenvalue weighted by Crippen LogP contribution is -2.35. The second kappa shape index (κ2) is 6.27. The number of rotatable bonds is 2. The van der Waals surface area contributed by atoms with Crippen LogP contribution in [0.2, 0.25) is 0 Å². The number of hydrogen-bond acceptors (Lipinski definition) is 2. The predicted molar refractivity (Wildman–Crippen MR) is 117 cm³/mol. The predicted octanol–water partition coefficient (Wildman–Crippen LogP) is 5.99. The first kappa shape index (κ1) is 17.1.